The minimum absolute atomic E-state index is 0.0268. The second-order valence-electron chi connectivity index (χ2n) is 18.0. The topological polar surface area (TPSA) is 260 Å². The van der Waals surface area contributed by atoms with E-state index in [0.29, 0.717) is 49.2 Å². The molecule has 0 fully saturated rings. The van der Waals surface area contributed by atoms with Crippen LogP contribution in [0, 0.1) is 0 Å². The summed E-state index contributed by atoms with van der Waals surface area (Å²) in [6.45, 7) is 8.65. The molecule has 7 rings (SSSR count). The third-order valence-corrected chi connectivity index (χ3v) is 12.2. The Hall–Kier alpha value is -7.13. The minimum atomic E-state index is -1.25. The van der Waals surface area contributed by atoms with Gasteiger partial charge in [0.15, 0.2) is 0 Å². The molecule has 6 aromatic rings. The zero-order valence-corrected chi connectivity index (χ0v) is 40.3. The van der Waals surface area contributed by atoms with Crippen LogP contribution in [0.15, 0.2) is 85.7 Å². The molecule has 0 unspecified atom stereocenters. The van der Waals surface area contributed by atoms with Gasteiger partial charge in [-0.1, -0.05) is 77.0 Å². The third-order valence-electron chi connectivity index (χ3n) is 12.2. The molecular weight excluding hydrogens is 895 g/mol. The molecule has 0 saturated heterocycles. The quantitative estimate of drug-likeness (QED) is 0.0413. The molecule has 2 aromatic carbocycles. The van der Waals surface area contributed by atoms with Crippen molar-refractivity contribution >= 4 is 29.1 Å². The van der Waals surface area contributed by atoms with E-state index in [9.17, 15) is 24.6 Å². The molecule has 70 heavy (non-hydrogen) atoms. The van der Waals surface area contributed by atoms with E-state index in [1.165, 1.54) is 13.2 Å². The number of hydrogen-bond donors (Lipinski definition) is 5. The van der Waals surface area contributed by atoms with Crippen molar-refractivity contribution in [1.29, 1.82) is 0 Å². The van der Waals surface area contributed by atoms with Gasteiger partial charge >= 0.3 is 0 Å². The number of nitrogens with one attached hydrogen (secondary N) is 3. The Labute approximate surface area is 407 Å². The SMILES string of the molecule is CC[C@@H](O)[C@@H](O)[C@@H]1OC=C[C@H](n2cc(-c3ccccc3NC(=O)CCCCCn3cc(CCCc4cn(CCCCCC(=O)Nc5ccccc5-c5cn(C(C)C)nn5)nn4)nn3)nn2)[C@H]1NC(C)=O. The number of aromatic nitrogens is 12. The lowest BCUT2D eigenvalue weighted by Crippen LogP contribution is -2.56. The van der Waals surface area contributed by atoms with Crippen molar-refractivity contribution in [2.45, 2.75) is 154 Å². The molecule has 372 valence electrons. The van der Waals surface area contributed by atoms with Crippen LogP contribution in [0.5, 0.6) is 0 Å². The number of carbonyl (C=O) groups is 3. The molecular formula is C49H65N15O6. The highest BCUT2D eigenvalue weighted by molar-refractivity contribution is 5.95. The number of aliphatic hydroxyl groups is 2. The number of amides is 3. The van der Waals surface area contributed by atoms with E-state index < -0.39 is 30.4 Å². The summed E-state index contributed by atoms with van der Waals surface area (Å²) in [4.78, 5) is 38.1. The monoisotopic (exact) mass is 960 g/mol. The Bertz CT molecular complexity index is 2650. The minimum Gasteiger partial charge on any atom is -0.493 e. The number of ether oxygens (including phenoxy) is 1. The summed E-state index contributed by atoms with van der Waals surface area (Å²) in [5, 5.41) is 64.6. The van der Waals surface area contributed by atoms with Crippen LogP contribution in [0.2, 0.25) is 0 Å². The molecule has 1 aliphatic rings. The number of nitrogens with zero attached hydrogens (tertiary/aromatic N) is 12. The Morgan fingerprint density at radius 2 is 1.24 bits per heavy atom. The first-order valence-electron chi connectivity index (χ1n) is 24.3. The highest BCUT2D eigenvalue weighted by atomic mass is 16.5. The van der Waals surface area contributed by atoms with Crippen LogP contribution in [0.1, 0.15) is 115 Å². The van der Waals surface area contributed by atoms with Crippen molar-refractivity contribution in [2.75, 3.05) is 10.6 Å². The molecule has 5 N–H and O–H groups in total. The smallest absolute Gasteiger partial charge is 0.224 e. The normalized spacial score (nSPS) is 16.5. The van der Waals surface area contributed by atoms with E-state index in [2.05, 4.69) is 57.2 Å². The number of hydrogen-bond acceptors (Lipinski definition) is 14. The lowest BCUT2D eigenvalue weighted by molar-refractivity contribution is -0.125. The zero-order chi connectivity index (χ0) is 49.4. The van der Waals surface area contributed by atoms with E-state index >= 15 is 0 Å². The summed E-state index contributed by atoms with van der Waals surface area (Å²) in [5.74, 6) is -0.473. The molecule has 21 heteroatoms. The van der Waals surface area contributed by atoms with Gasteiger partial charge in [-0.15, -0.1) is 20.4 Å². The first-order chi connectivity index (χ1) is 33.9. The van der Waals surface area contributed by atoms with Crippen molar-refractivity contribution in [1.82, 2.24) is 65.3 Å². The van der Waals surface area contributed by atoms with E-state index in [1.807, 2.05) is 90.3 Å². The van der Waals surface area contributed by atoms with Crippen LogP contribution in [-0.4, -0.2) is 112 Å². The van der Waals surface area contributed by atoms with Gasteiger partial charge in [0.1, 0.15) is 23.6 Å². The molecule has 0 bridgehead atoms. The Kier molecular flexibility index (Phi) is 18.1. The number of carbonyl (C=O) groups excluding carboxylic acids is 3. The van der Waals surface area contributed by atoms with Crippen LogP contribution in [-0.2, 0) is 45.1 Å². The number of rotatable bonds is 26. The molecule has 0 radical (unpaired) electrons. The molecule has 5 heterocycles. The largest absolute Gasteiger partial charge is 0.493 e. The molecule has 5 atom stereocenters. The second-order valence-corrected chi connectivity index (χ2v) is 18.0. The predicted molar refractivity (Wildman–Crippen MR) is 261 cm³/mol. The van der Waals surface area contributed by atoms with Crippen LogP contribution in [0.3, 0.4) is 0 Å². The van der Waals surface area contributed by atoms with E-state index in [1.54, 1.807) is 28.6 Å². The summed E-state index contributed by atoms with van der Waals surface area (Å²) >= 11 is 0. The molecule has 0 spiro atoms. The first-order valence-corrected chi connectivity index (χ1v) is 24.3. The maximum absolute atomic E-state index is 13.1. The van der Waals surface area contributed by atoms with E-state index in [4.69, 9.17) is 4.74 Å². The lowest BCUT2D eigenvalue weighted by Gasteiger charge is -2.38. The molecule has 3 amide bonds. The van der Waals surface area contributed by atoms with E-state index in [0.717, 1.165) is 86.2 Å². The molecule has 0 aliphatic carbocycles. The number of aliphatic hydroxyl groups excluding tert-OH is 2. The fourth-order valence-corrected chi connectivity index (χ4v) is 8.33. The van der Waals surface area contributed by atoms with Gasteiger partial charge < -0.3 is 30.9 Å². The Morgan fingerprint density at radius 1 is 0.686 bits per heavy atom. The van der Waals surface area contributed by atoms with Crippen molar-refractivity contribution in [3.05, 3.63) is 97.0 Å². The van der Waals surface area contributed by atoms with Gasteiger partial charge in [0, 0.05) is 62.4 Å². The average Bonchev–Trinajstić information content (AvgIpc) is 4.20. The molecule has 21 nitrogen and oxygen atoms in total. The molecule has 0 saturated carbocycles. The highest BCUT2D eigenvalue weighted by Crippen LogP contribution is 2.31. The number of aryl methyl sites for hydroxylation is 4. The Morgan fingerprint density at radius 3 is 1.79 bits per heavy atom. The summed E-state index contributed by atoms with van der Waals surface area (Å²) in [5.41, 5.74) is 5.92. The van der Waals surface area contributed by atoms with Gasteiger partial charge in [0.25, 0.3) is 0 Å². The van der Waals surface area contributed by atoms with Gasteiger partial charge in [0.05, 0.1) is 59.6 Å². The fraction of sp³-hybridized carbons (Fsp3) is 0.490. The second kappa shape index (κ2) is 24.9. The third kappa shape index (κ3) is 14.0. The summed E-state index contributed by atoms with van der Waals surface area (Å²) in [7, 11) is 0. The van der Waals surface area contributed by atoms with Crippen molar-refractivity contribution in [3.63, 3.8) is 0 Å². The highest BCUT2D eigenvalue weighted by Gasteiger charge is 2.41. The van der Waals surface area contributed by atoms with Crippen molar-refractivity contribution in [2.24, 2.45) is 0 Å². The summed E-state index contributed by atoms with van der Waals surface area (Å²) < 4.78 is 12.8. The maximum atomic E-state index is 13.1. The fourth-order valence-electron chi connectivity index (χ4n) is 8.33. The molecule has 4 aromatic heterocycles. The Balaban J connectivity index is 0.768. The van der Waals surface area contributed by atoms with Gasteiger partial charge in [0.2, 0.25) is 17.7 Å². The number of benzene rings is 2. The number of anilines is 2. The van der Waals surface area contributed by atoms with Crippen LogP contribution in [0.4, 0.5) is 11.4 Å². The summed E-state index contributed by atoms with van der Waals surface area (Å²) in [6.07, 6.45) is 15.9. The lowest BCUT2D eigenvalue weighted by atomic mass is 9.92. The van der Waals surface area contributed by atoms with Gasteiger partial charge in [-0.25, -0.2) is 9.36 Å². The maximum Gasteiger partial charge on any atom is 0.224 e. The zero-order valence-electron chi connectivity index (χ0n) is 40.3. The number of unbranched alkanes of at least 4 members (excludes halogenated alkanes) is 4. The number of para-hydroxylation sites is 2. The van der Waals surface area contributed by atoms with Crippen molar-refractivity contribution < 1.29 is 29.3 Å². The van der Waals surface area contributed by atoms with Gasteiger partial charge in [-0.3, -0.25) is 23.7 Å². The standard InChI is InChI=1S/C49H65N15O6/c1-5-44(66)48(69)49-47(50-34(4)65)43(25-28-70-49)64-32-42(56-60-64)38-20-11-13-22-40(38)52-46(68)24-9-7-15-27-62-30-36(54-58-62)18-16-17-35-29-61(57-53-35)26-14-6-8-23-45(67)51-39-21-12-10-19-37(39)41-31-63(33(2)3)59-55-41/h10-13,19-22,25,28-33,43-44,47-49,66,69H,5-9,14-18,23-24,26-27H2,1-4H3,(H,50,65)(H,51,67)(H,52,68)/t43-,44+,47+,48+,49+/m0/s1. The van der Waals surface area contributed by atoms with Crippen LogP contribution >= 0.6 is 0 Å². The van der Waals surface area contributed by atoms with E-state index in [-0.39, 0.29) is 23.8 Å². The summed E-state index contributed by atoms with van der Waals surface area (Å²) in [6, 6.07) is 13.9. The first kappa shape index (κ1) is 50.7. The predicted octanol–water partition coefficient (Wildman–Crippen LogP) is 5.63. The van der Waals surface area contributed by atoms with Crippen LogP contribution < -0.4 is 16.0 Å². The molecule has 1 aliphatic heterocycles. The van der Waals surface area contributed by atoms with Crippen molar-refractivity contribution in [3.8, 4) is 22.5 Å². The average molecular weight is 960 g/mol. The van der Waals surface area contributed by atoms with Gasteiger partial charge in [-0.05, 0) is 83.4 Å². The van der Waals surface area contributed by atoms with Gasteiger partial charge in [-0.2, -0.15) is 0 Å². The van der Waals surface area contributed by atoms with Crippen LogP contribution in [0.25, 0.3) is 22.5 Å².